The molecule has 0 unspecified atom stereocenters. The summed E-state index contributed by atoms with van der Waals surface area (Å²) in [5.41, 5.74) is 14.1. The summed E-state index contributed by atoms with van der Waals surface area (Å²) in [5.74, 6) is 2.47. The van der Waals surface area contributed by atoms with E-state index in [1.165, 1.54) is 5.56 Å². The summed E-state index contributed by atoms with van der Waals surface area (Å²) in [4.78, 5) is 25.8. The first-order valence-corrected chi connectivity index (χ1v) is 22.8. The zero-order valence-corrected chi connectivity index (χ0v) is 36.6. The molecule has 7 nitrogen and oxygen atoms in total. The average molecular weight is 870 g/mol. The minimum Gasteiger partial charge on any atom is -0.309 e. The van der Waals surface area contributed by atoms with Crippen LogP contribution in [0.5, 0.6) is 0 Å². The van der Waals surface area contributed by atoms with E-state index in [0.29, 0.717) is 23.4 Å². The van der Waals surface area contributed by atoms with Crippen LogP contribution in [0.15, 0.2) is 237 Å². The molecule has 9 aromatic carbocycles. The third-order valence-corrected chi connectivity index (χ3v) is 12.8. The summed E-state index contributed by atoms with van der Waals surface area (Å²) in [6.45, 7) is 0. The van der Waals surface area contributed by atoms with E-state index >= 15 is 0 Å². The quantitative estimate of drug-likeness (QED) is 0.152. The second kappa shape index (κ2) is 16.3. The van der Waals surface area contributed by atoms with Gasteiger partial charge < -0.3 is 4.57 Å². The molecule has 0 N–H and O–H groups in total. The molecule has 0 radical (unpaired) electrons. The predicted molar refractivity (Wildman–Crippen MR) is 277 cm³/mol. The van der Waals surface area contributed by atoms with Gasteiger partial charge >= 0.3 is 0 Å². The molecule has 13 rings (SSSR count). The van der Waals surface area contributed by atoms with Crippen molar-refractivity contribution in [2.24, 2.45) is 0 Å². The van der Waals surface area contributed by atoms with Gasteiger partial charge in [-0.3, -0.25) is 4.57 Å². The van der Waals surface area contributed by atoms with Crippen molar-refractivity contribution in [1.82, 2.24) is 34.1 Å². The molecule has 0 spiro atoms. The van der Waals surface area contributed by atoms with Crippen LogP contribution in [-0.4, -0.2) is 34.1 Å². The van der Waals surface area contributed by atoms with Crippen LogP contribution in [0.1, 0.15) is 0 Å². The molecular formula is C61H39N7. The molecule has 0 amide bonds. The fraction of sp³-hybridized carbons (Fsp3) is 0. The number of para-hydroxylation sites is 2. The lowest BCUT2D eigenvalue weighted by Crippen LogP contribution is -2.06. The predicted octanol–water partition coefficient (Wildman–Crippen LogP) is 14.9. The van der Waals surface area contributed by atoms with E-state index in [2.05, 4.69) is 161 Å². The second-order valence-corrected chi connectivity index (χ2v) is 16.9. The third kappa shape index (κ3) is 6.72. The topological polar surface area (TPSA) is 74.3 Å². The maximum Gasteiger partial charge on any atom is 0.238 e. The van der Waals surface area contributed by atoms with Crippen molar-refractivity contribution in [2.45, 2.75) is 0 Å². The van der Waals surface area contributed by atoms with Gasteiger partial charge in [0.15, 0.2) is 17.5 Å². The van der Waals surface area contributed by atoms with E-state index in [1.54, 1.807) is 0 Å². The first-order valence-electron chi connectivity index (χ1n) is 22.8. The highest BCUT2D eigenvalue weighted by molar-refractivity contribution is 6.28. The van der Waals surface area contributed by atoms with Gasteiger partial charge in [-0.2, -0.15) is 9.97 Å². The smallest absolute Gasteiger partial charge is 0.238 e. The molecule has 0 bridgehead atoms. The van der Waals surface area contributed by atoms with Gasteiger partial charge in [0.2, 0.25) is 5.95 Å². The van der Waals surface area contributed by atoms with Crippen LogP contribution in [0.4, 0.5) is 0 Å². The Hall–Kier alpha value is -9.33. The molecule has 0 atom stereocenters. The van der Waals surface area contributed by atoms with E-state index in [9.17, 15) is 0 Å². The monoisotopic (exact) mass is 869 g/mol. The van der Waals surface area contributed by atoms with Gasteiger partial charge in [-0.25, -0.2) is 15.0 Å². The van der Waals surface area contributed by atoms with Crippen LogP contribution in [0.3, 0.4) is 0 Å². The number of aromatic nitrogens is 7. The van der Waals surface area contributed by atoms with Crippen molar-refractivity contribution in [1.29, 1.82) is 0 Å². The first kappa shape index (κ1) is 39.1. The zero-order chi connectivity index (χ0) is 45.0. The lowest BCUT2D eigenvalue weighted by atomic mass is 10.0. The maximum atomic E-state index is 5.23. The van der Waals surface area contributed by atoms with Crippen molar-refractivity contribution in [3.63, 3.8) is 0 Å². The minimum absolute atomic E-state index is 0.561. The van der Waals surface area contributed by atoms with E-state index < -0.39 is 0 Å². The largest absolute Gasteiger partial charge is 0.309 e. The maximum absolute atomic E-state index is 5.23. The fourth-order valence-corrected chi connectivity index (χ4v) is 9.64. The summed E-state index contributed by atoms with van der Waals surface area (Å²) in [5, 5.41) is 4.57. The fourth-order valence-electron chi connectivity index (χ4n) is 9.64. The molecule has 0 fully saturated rings. The van der Waals surface area contributed by atoms with Crippen LogP contribution in [0.2, 0.25) is 0 Å². The zero-order valence-electron chi connectivity index (χ0n) is 36.6. The van der Waals surface area contributed by atoms with Gasteiger partial charge in [0.05, 0.1) is 33.5 Å². The number of hydrogen-bond donors (Lipinski definition) is 0. The highest BCUT2D eigenvalue weighted by atomic mass is 15.2. The van der Waals surface area contributed by atoms with Crippen LogP contribution in [0.25, 0.3) is 123 Å². The van der Waals surface area contributed by atoms with Gasteiger partial charge in [0.25, 0.3) is 0 Å². The number of fused-ring (bicyclic) bond motifs is 7. The Kier molecular flexibility index (Phi) is 9.35. The van der Waals surface area contributed by atoms with Gasteiger partial charge in [0, 0.05) is 55.0 Å². The molecule has 7 heteroatoms. The Bertz CT molecular complexity index is 3940. The molecular weight excluding hydrogens is 831 g/mol. The molecule has 13 aromatic rings. The standard InChI is InChI=1S/C61H39N7/c1-5-18-40(19-6-1)41-32-34-42(35-33-41)50-39-51(63-58(62-50)43-20-7-2-8-21-43)46-26-17-27-47(38-46)67-52-30-15-13-28-48(52)56-54(67)36-37-55-57(56)49-29-14-16-31-53(49)68(55)61-65-59(44-22-9-3-10-23-44)64-60(66-61)45-24-11-4-12-25-45/h1-39H. The molecule has 0 aliphatic rings. The Morgan fingerprint density at radius 2 is 0.662 bits per heavy atom. The van der Waals surface area contributed by atoms with Crippen molar-refractivity contribution < 1.29 is 0 Å². The molecule has 0 aliphatic carbocycles. The molecule has 0 aliphatic heterocycles. The van der Waals surface area contributed by atoms with Crippen molar-refractivity contribution in [2.75, 3.05) is 0 Å². The van der Waals surface area contributed by atoms with E-state index in [0.717, 1.165) is 94.1 Å². The number of rotatable bonds is 8. The number of hydrogen-bond acceptors (Lipinski definition) is 5. The van der Waals surface area contributed by atoms with Crippen molar-refractivity contribution >= 4 is 43.6 Å². The molecule has 0 saturated carbocycles. The highest BCUT2D eigenvalue weighted by Gasteiger charge is 2.23. The Labute approximate surface area is 392 Å². The van der Waals surface area contributed by atoms with Crippen LogP contribution >= 0.6 is 0 Å². The van der Waals surface area contributed by atoms with Gasteiger partial charge in [-0.1, -0.05) is 194 Å². The highest BCUT2D eigenvalue weighted by Crippen LogP contribution is 2.43. The third-order valence-electron chi connectivity index (χ3n) is 12.8. The normalized spacial score (nSPS) is 11.5. The molecule has 4 heterocycles. The average Bonchev–Trinajstić information content (AvgIpc) is 3.95. The molecule has 0 saturated heterocycles. The Morgan fingerprint density at radius 3 is 1.22 bits per heavy atom. The Balaban J connectivity index is 0.992. The van der Waals surface area contributed by atoms with E-state index in [-0.39, 0.29) is 0 Å². The number of benzene rings is 9. The van der Waals surface area contributed by atoms with E-state index in [1.807, 2.05) is 84.9 Å². The van der Waals surface area contributed by atoms with Crippen molar-refractivity contribution in [3.05, 3.63) is 237 Å². The van der Waals surface area contributed by atoms with Crippen LogP contribution < -0.4 is 0 Å². The second-order valence-electron chi connectivity index (χ2n) is 16.9. The minimum atomic E-state index is 0.561. The van der Waals surface area contributed by atoms with Gasteiger partial charge in [-0.15, -0.1) is 0 Å². The Morgan fingerprint density at radius 1 is 0.250 bits per heavy atom. The summed E-state index contributed by atoms with van der Waals surface area (Å²) >= 11 is 0. The lowest BCUT2D eigenvalue weighted by Gasteiger charge is -2.13. The lowest BCUT2D eigenvalue weighted by molar-refractivity contribution is 0.953. The summed E-state index contributed by atoms with van der Waals surface area (Å²) in [6, 6.07) is 82.1. The SMILES string of the molecule is c1ccc(-c2ccc(-c3cc(-c4cccc(-n5c6ccccc6c6c7c8ccccc8n(-c8nc(-c9ccccc9)nc(-c9ccccc9)n8)c7ccc65)c4)nc(-c4ccccc4)n3)cc2)cc1. The van der Waals surface area contributed by atoms with Crippen LogP contribution in [0, 0.1) is 0 Å². The van der Waals surface area contributed by atoms with E-state index in [4.69, 9.17) is 24.9 Å². The van der Waals surface area contributed by atoms with Gasteiger partial charge in [-0.05, 0) is 53.6 Å². The van der Waals surface area contributed by atoms with Crippen LogP contribution in [-0.2, 0) is 0 Å². The summed E-state index contributed by atoms with van der Waals surface area (Å²) in [7, 11) is 0. The summed E-state index contributed by atoms with van der Waals surface area (Å²) < 4.78 is 4.58. The van der Waals surface area contributed by atoms with Crippen molar-refractivity contribution in [3.8, 4) is 79.4 Å². The number of nitrogens with zero attached hydrogens (tertiary/aromatic N) is 7. The molecule has 4 aromatic heterocycles. The summed E-state index contributed by atoms with van der Waals surface area (Å²) in [6.07, 6.45) is 0. The molecule has 318 valence electrons. The van der Waals surface area contributed by atoms with Gasteiger partial charge in [0.1, 0.15) is 0 Å². The molecule has 68 heavy (non-hydrogen) atoms. The first-order chi connectivity index (χ1) is 33.7.